The first-order valence-electron chi connectivity index (χ1n) is 11.8. The summed E-state index contributed by atoms with van der Waals surface area (Å²) in [4.78, 5) is 2.31. The maximum Gasteiger partial charge on any atom is 0.216 e. The van der Waals surface area contributed by atoms with Gasteiger partial charge in [0.2, 0.25) is 5.69 Å². The number of furan rings is 1. The molecule has 168 valence electrons. The highest BCUT2D eigenvalue weighted by Gasteiger charge is 2.22. The highest BCUT2D eigenvalue weighted by Crippen LogP contribution is 2.42. The molecule has 0 fully saturated rings. The molecule has 0 radical (unpaired) electrons. The fraction of sp³-hybridized carbons (Fsp3) is 0.200. The maximum atomic E-state index is 9.94. The molecule has 2 aromatic heterocycles. The highest BCUT2D eigenvalue weighted by atomic mass is 16.3. The van der Waals surface area contributed by atoms with Gasteiger partial charge in [0, 0.05) is 47.2 Å². The topological polar surface area (TPSA) is 44.1 Å². The van der Waals surface area contributed by atoms with E-state index in [9.17, 15) is 5.26 Å². The van der Waals surface area contributed by atoms with Crippen LogP contribution in [0.4, 0.5) is 5.69 Å². The molecule has 0 saturated heterocycles. The van der Waals surface area contributed by atoms with Crippen LogP contribution in [0, 0.1) is 18.3 Å². The van der Waals surface area contributed by atoms with Crippen LogP contribution >= 0.6 is 0 Å². The number of aryl methyl sites for hydroxylation is 2. The largest absolute Gasteiger partial charge is 0.454 e. The molecule has 0 spiro atoms. The minimum absolute atomic E-state index is 0.616. The zero-order valence-corrected chi connectivity index (χ0v) is 20.1. The number of anilines is 1. The predicted octanol–water partition coefficient (Wildman–Crippen LogP) is 6.77. The Hall–Kier alpha value is -4.10. The van der Waals surface area contributed by atoms with Crippen LogP contribution < -0.4 is 9.47 Å². The van der Waals surface area contributed by atoms with E-state index in [0.717, 1.165) is 63.0 Å². The van der Waals surface area contributed by atoms with Crippen molar-refractivity contribution in [1.29, 1.82) is 5.26 Å². The summed E-state index contributed by atoms with van der Waals surface area (Å²) in [7, 11) is 2.05. The first-order valence-corrected chi connectivity index (χ1v) is 11.8. The number of pyridine rings is 1. The first kappa shape index (κ1) is 21.7. The maximum absolute atomic E-state index is 9.94. The molecule has 0 aliphatic carbocycles. The van der Waals surface area contributed by atoms with E-state index in [4.69, 9.17) is 4.42 Å². The van der Waals surface area contributed by atoms with Gasteiger partial charge in [-0.05, 0) is 62.2 Å². The van der Waals surface area contributed by atoms with Crippen molar-refractivity contribution >= 4 is 27.6 Å². The summed E-state index contributed by atoms with van der Waals surface area (Å²) >= 11 is 0. The second-order valence-electron chi connectivity index (χ2n) is 8.63. The van der Waals surface area contributed by atoms with Crippen LogP contribution in [0.3, 0.4) is 0 Å². The van der Waals surface area contributed by atoms with Gasteiger partial charge >= 0.3 is 0 Å². The van der Waals surface area contributed by atoms with Gasteiger partial charge in [0.05, 0.1) is 17.2 Å². The summed E-state index contributed by atoms with van der Waals surface area (Å²) in [6.45, 7) is 8.34. The third kappa shape index (κ3) is 3.41. The van der Waals surface area contributed by atoms with E-state index >= 15 is 0 Å². The van der Waals surface area contributed by atoms with Crippen LogP contribution in [-0.4, -0.2) is 13.1 Å². The van der Waals surface area contributed by atoms with Crippen molar-refractivity contribution in [2.24, 2.45) is 7.05 Å². The van der Waals surface area contributed by atoms with E-state index in [1.165, 1.54) is 5.69 Å². The second-order valence-corrected chi connectivity index (χ2v) is 8.63. The highest BCUT2D eigenvalue weighted by molar-refractivity contribution is 6.14. The van der Waals surface area contributed by atoms with E-state index < -0.39 is 0 Å². The van der Waals surface area contributed by atoms with Crippen molar-refractivity contribution in [3.63, 3.8) is 0 Å². The van der Waals surface area contributed by atoms with Crippen LogP contribution in [-0.2, 0) is 7.05 Å². The Morgan fingerprint density at radius 3 is 2.18 bits per heavy atom. The van der Waals surface area contributed by atoms with Crippen molar-refractivity contribution in [2.75, 3.05) is 18.0 Å². The Kier molecular flexibility index (Phi) is 5.55. The summed E-state index contributed by atoms with van der Waals surface area (Å²) in [6.07, 6.45) is 2.05. The number of hydrogen-bond acceptors (Lipinski definition) is 3. The van der Waals surface area contributed by atoms with Gasteiger partial charge in [-0.3, -0.25) is 0 Å². The number of nitrogens with zero attached hydrogens (tertiary/aromatic N) is 3. The van der Waals surface area contributed by atoms with Crippen LogP contribution in [0.5, 0.6) is 0 Å². The van der Waals surface area contributed by atoms with Crippen LogP contribution in [0.15, 0.2) is 77.3 Å². The first-order chi connectivity index (χ1) is 16.6. The molecule has 34 heavy (non-hydrogen) atoms. The Morgan fingerprint density at radius 1 is 0.853 bits per heavy atom. The van der Waals surface area contributed by atoms with Crippen molar-refractivity contribution in [1.82, 2.24) is 0 Å². The fourth-order valence-corrected chi connectivity index (χ4v) is 4.91. The lowest BCUT2D eigenvalue weighted by Gasteiger charge is -2.21. The summed E-state index contributed by atoms with van der Waals surface area (Å²) in [5.41, 5.74) is 8.57. The molecule has 0 saturated carbocycles. The average molecular weight is 447 g/mol. The molecule has 0 unspecified atom stereocenters. The summed E-state index contributed by atoms with van der Waals surface area (Å²) < 4.78 is 8.76. The quantitative estimate of drug-likeness (QED) is 0.280. The molecule has 2 heterocycles. The van der Waals surface area contributed by atoms with Crippen molar-refractivity contribution in [3.8, 4) is 28.5 Å². The molecule has 0 aliphatic rings. The lowest BCUT2D eigenvalue weighted by molar-refractivity contribution is -0.660. The zero-order chi connectivity index (χ0) is 23.8. The number of nitriles is 1. The molecule has 3 aromatic carbocycles. The van der Waals surface area contributed by atoms with E-state index in [1.807, 2.05) is 37.5 Å². The Balaban J connectivity index is 1.79. The van der Waals surface area contributed by atoms with Gasteiger partial charge in [0.15, 0.2) is 6.20 Å². The molecule has 0 atom stereocenters. The average Bonchev–Trinajstić information content (AvgIpc) is 3.24. The van der Waals surface area contributed by atoms with Gasteiger partial charge in [-0.1, -0.05) is 24.3 Å². The second kappa shape index (κ2) is 8.68. The van der Waals surface area contributed by atoms with Crippen molar-refractivity contribution in [2.45, 2.75) is 20.8 Å². The molecular formula is C30H28N3O+. The summed E-state index contributed by atoms with van der Waals surface area (Å²) in [6, 6.07) is 25.2. The van der Waals surface area contributed by atoms with Crippen LogP contribution in [0.25, 0.3) is 44.3 Å². The monoisotopic (exact) mass is 446 g/mol. The Labute approximate surface area is 200 Å². The van der Waals surface area contributed by atoms with Crippen molar-refractivity contribution < 1.29 is 8.98 Å². The zero-order valence-electron chi connectivity index (χ0n) is 20.1. The third-order valence-electron chi connectivity index (χ3n) is 6.73. The van der Waals surface area contributed by atoms with E-state index in [2.05, 4.69) is 78.8 Å². The standard InChI is InChI=1S/C30H28N3O/c1-5-33(6-2)23-14-11-21(12-15-23)28-22(19-31)13-17-25-24-16-10-20(3)27(29(24)34-30(25)28)26-9-7-8-18-32(26)4/h7-18H,5-6H2,1-4H3/q+1. The molecule has 5 aromatic rings. The normalized spacial score (nSPS) is 11.1. The number of hydrogen-bond donors (Lipinski definition) is 0. The van der Waals surface area contributed by atoms with E-state index in [-0.39, 0.29) is 0 Å². The molecule has 4 nitrogen and oxygen atoms in total. The molecule has 5 rings (SSSR count). The molecule has 0 bridgehead atoms. The number of fused-ring (bicyclic) bond motifs is 3. The number of aromatic nitrogens is 1. The van der Waals surface area contributed by atoms with Gasteiger partial charge in [0.25, 0.3) is 0 Å². The number of benzene rings is 3. The van der Waals surface area contributed by atoms with E-state index in [0.29, 0.717) is 5.56 Å². The molecule has 0 N–H and O–H groups in total. The third-order valence-corrected chi connectivity index (χ3v) is 6.73. The molecule has 4 heteroatoms. The Morgan fingerprint density at radius 2 is 1.53 bits per heavy atom. The molecular weight excluding hydrogens is 418 g/mol. The van der Waals surface area contributed by atoms with Crippen LogP contribution in [0.2, 0.25) is 0 Å². The van der Waals surface area contributed by atoms with E-state index in [1.54, 1.807) is 0 Å². The van der Waals surface area contributed by atoms with Gasteiger partial charge in [-0.15, -0.1) is 0 Å². The summed E-state index contributed by atoms with van der Waals surface area (Å²) in [5, 5.41) is 12.0. The predicted molar refractivity (Wildman–Crippen MR) is 139 cm³/mol. The lowest BCUT2D eigenvalue weighted by atomic mass is 9.96. The summed E-state index contributed by atoms with van der Waals surface area (Å²) in [5.74, 6) is 0. The van der Waals surface area contributed by atoms with Gasteiger partial charge in [-0.2, -0.15) is 5.26 Å². The van der Waals surface area contributed by atoms with Crippen molar-refractivity contribution in [3.05, 3.63) is 84.1 Å². The molecule has 0 aliphatic heterocycles. The minimum Gasteiger partial charge on any atom is -0.454 e. The smallest absolute Gasteiger partial charge is 0.216 e. The SMILES string of the molecule is CCN(CC)c1ccc(-c2c(C#N)ccc3c2oc2c(-c4cccc[n+]4C)c(C)ccc23)cc1. The van der Waals surface area contributed by atoms with Gasteiger partial charge < -0.3 is 9.32 Å². The van der Waals surface area contributed by atoms with Gasteiger partial charge in [-0.25, -0.2) is 4.57 Å². The number of rotatable bonds is 5. The fourth-order valence-electron chi connectivity index (χ4n) is 4.91. The Bertz CT molecular complexity index is 1550. The minimum atomic E-state index is 0.616. The lowest BCUT2D eigenvalue weighted by Crippen LogP contribution is -2.30. The molecule has 0 amide bonds. The van der Waals surface area contributed by atoms with Gasteiger partial charge in [0.1, 0.15) is 18.2 Å². The van der Waals surface area contributed by atoms with Crippen LogP contribution in [0.1, 0.15) is 25.0 Å².